The number of benzene rings is 1. The lowest BCUT2D eigenvalue weighted by Gasteiger charge is -2.15. The maximum atomic E-state index is 12.3. The summed E-state index contributed by atoms with van der Waals surface area (Å²) in [5.41, 5.74) is 1.37. The number of nitrogens with one attached hydrogen (secondary N) is 1. The van der Waals surface area contributed by atoms with Crippen molar-refractivity contribution in [3.05, 3.63) is 63.4 Å². The first kappa shape index (κ1) is 12.9. The number of halogens is 1. The number of nitrogens with zero attached hydrogens (tertiary/aromatic N) is 2. The molecule has 0 saturated heterocycles. The van der Waals surface area contributed by atoms with Crippen molar-refractivity contribution in [2.24, 2.45) is 0 Å². The lowest BCUT2D eigenvalue weighted by atomic mass is 9.98. The summed E-state index contributed by atoms with van der Waals surface area (Å²) in [6.07, 6.45) is 3.90. The highest BCUT2D eigenvalue weighted by molar-refractivity contribution is 14.1. The monoisotopic (exact) mass is 377 g/mol. The van der Waals surface area contributed by atoms with E-state index < -0.39 is 0 Å². The Hall–Kier alpha value is -2.09. The highest BCUT2D eigenvalue weighted by atomic mass is 127. The molecule has 0 radical (unpaired) electrons. The van der Waals surface area contributed by atoms with E-state index in [0.717, 1.165) is 9.26 Å². The molecule has 1 aliphatic rings. The van der Waals surface area contributed by atoms with Crippen LogP contribution in [0.5, 0.6) is 0 Å². The molecule has 0 bridgehead atoms. The Morgan fingerprint density at radius 2 is 2.05 bits per heavy atom. The van der Waals surface area contributed by atoms with Crippen LogP contribution in [0, 0.1) is 3.57 Å². The zero-order valence-corrected chi connectivity index (χ0v) is 12.3. The third-order valence-electron chi connectivity index (χ3n) is 2.81. The van der Waals surface area contributed by atoms with Gasteiger partial charge in [0, 0.05) is 21.5 Å². The van der Waals surface area contributed by atoms with Gasteiger partial charge in [0.15, 0.2) is 0 Å². The van der Waals surface area contributed by atoms with Crippen LogP contribution in [0.15, 0.2) is 48.6 Å². The average Bonchev–Trinajstić information content (AvgIpc) is 2.45. The molecule has 1 aromatic heterocycles. The van der Waals surface area contributed by atoms with Crippen molar-refractivity contribution in [1.29, 1.82) is 0 Å². The van der Waals surface area contributed by atoms with Gasteiger partial charge in [0.1, 0.15) is 12.0 Å². The molecule has 0 aliphatic heterocycles. The van der Waals surface area contributed by atoms with E-state index in [4.69, 9.17) is 0 Å². The number of fused-ring (bicyclic) bond motifs is 1. The number of rotatable bonds is 2. The number of hydrogen-bond acceptors (Lipinski definition) is 5. The predicted molar refractivity (Wildman–Crippen MR) is 81.6 cm³/mol. The van der Waals surface area contributed by atoms with Gasteiger partial charge in [0.25, 0.3) is 0 Å². The predicted octanol–water partition coefficient (Wildman–Crippen LogP) is 2.46. The quantitative estimate of drug-likeness (QED) is 0.815. The number of aromatic nitrogens is 2. The van der Waals surface area contributed by atoms with Gasteiger partial charge in [0.2, 0.25) is 11.6 Å². The minimum atomic E-state index is -0.296. The Morgan fingerprint density at radius 1 is 1.20 bits per heavy atom. The largest absolute Gasteiger partial charge is 0.352 e. The standard InChI is InChI=1S/C14H8IN3O2/c15-8-2-1-3-9(4-8)18-11-5-12(19)13-10(14(11)20)6-16-7-17-13/h1-7,18H. The molecule has 0 atom stereocenters. The summed E-state index contributed by atoms with van der Waals surface area (Å²) in [4.78, 5) is 31.9. The van der Waals surface area contributed by atoms with Crippen LogP contribution in [0.4, 0.5) is 5.69 Å². The van der Waals surface area contributed by atoms with Crippen molar-refractivity contribution in [2.45, 2.75) is 0 Å². The molecular weight excluding hydrogens is 369 g/mol. The van der Waals surface area contributed by atoms with Crippen LogP contribution in [0.2, 0.25) is 0 Å². The van der Waals surface area contributed by atoms with Gasteiger partial charge in [0.05, 0.1) is 11.3 Å². The molecule has 98 valence electrons. The van der Waals surface area contributed by atoms with E-state index in [1.807, 2.05) is 24.3 Å². The summed E-state index contributed by atoms with van der Waals surface area (Å²) in [7, 11) is 0. The Balaban J connectivity index is 1.96. The molecule has 0 spiro atoms. The van der Waals surface area contributed by atoms with Gasteiger partial charge < -0.3 is 5.32 Å². The SMILES string of the molecule is O=C1C(Nc2cccc(I)c2)=CC(=O)c2ncncc21. The third-order valence-corrected chi connectivity index (χ3v) is 3.48. The Morgan fingerprint density at radius 3 is 2.85 bits per heavy atom. The number of anilines is 1. The molecule has 5 nitrogen and oxygen atoms in total. The number of carbonyl (C=O) groups excluding carboxylic acids is 2. The van der Waals surface area contributed by atoms with Crippen LogP contribution in [0.25, 0.3) is 0 Å². The molecule has 3 rings (SSSR count). The number of allylic oxidation sites excluding steroid dienone is 2. The van der Waals surface area contributed by atoms with E-state index in [9.17, 15) is 9.59 Å². The maximum absolute atomic E-state index is 12.3. The minimum absolute atomic E-state index is 0.151. The van der Waals surface area contributed by atoms with E-state index in [-0.39, 0.29) is 28.5 Å². The summed E-state index contributed by atoms with van der Waals surface area (Å²) < 4.78 is 1.03. The van der Waals surface area contributed by atoms with Gasteiger partial charge in [-0.05, 0) is 40.8 Å². The molecule has 0 amide bonds. The van der Waals surface area contributed by atoms with Crippen LogP contribution in [0.3, 0.4) is 0 Å². The van der Waals surface area contributed by atoms with Crippen LogP contribution < -0.4 is 5.32 Å². The first-order valence-electron chi connectivity index (χ1n) is 5.78. The number of carbonyl (C=O) groups is 2. The fourth-order valence-electron chi connectivity index (χ4n) is 1.92. The summed E-state index contributed by atoms with van der Waals surface area (Å²) in [6, 6.07) is 7.53. The van der Waals surface area contributed by atoms with Crippen molar-refractivity contribution >= 4 is 39.8 Å². The topological polar surface area (TPSA) is 72.0 Å². The van der Waals surface area contributed by atoms with Crippen LogP contribution in [0.1, 0.15) is 20.8 Å². The second-order valence-electron chi connectivity index (χ2n) is 4.17. The van der Waals surface area contributed by atoms with Crippen molar-refractivity contribution in [1.82, 2.24) is 9.97 Å². The Kier molecular flexibility index (Phi) is 3.31. The molecule has 6 heteroatoms. The minimum Gasteiger partial charge on any atom is -0.352 e. The van der Waals surface area contributed by atoms with Crippen molar-refractivity contribution in [3.8, 4) is 0 Å². The van der Waals surface area contributed by atoms with Gasteiger partial charge in [-0.15, -0.1) is 0 Å². The van der Waals surface area contributed by atoms with Crippen LogP contribution in [-0.2, 0) is 0 Å². The molecule has 2 aromatic rings. The van der Waals surface area contributed by atoms with E-state index in [1.165, 1.54) is 18.6 Å². The lowest BCUT2D eigenvalue weighted by Crippen LogP contribution is -2.22. The number of Topliss-reactive ketones (excluding diaryl/α,β-unsaturated/α-hetero) is 1. The number of hydrogen-bond donors (Lipinski definition) is 1. The Labute approximate surface area is 128 Å². The van der Waals surface area contributed by atoms with Crippen molar-refractivity contribution in [3.63, 3.8) is 0 Å². The molecule has 0 fully saturated rings. The molecule has 0 unspecified atom stereocenters. The fraction of sp³-hybridized carbons (Fsp3) is 0. The highest BCUT2D eigenvalue weighted by Gasteiger charge is 2.26. The van der Waals surface area contributed by atoms with Crippen LogP contribution in [-0.4, -0.2) is 21.5 Å². The third kappa shape index (κ3) is 2.34. The van der Waals surface area contributed by atoms with Gasteiger partial charge in [-0.1, -0.05) is 6.07 Å². The second-order valence-corrected chi connectivity index (χ2v) is 5.42. The van der Waals surface area contributed by atoms with E-state index in [0.29, 0.717) is 0 Å². The molecule has 1 aromatic carbocycles. The van der Waals surface area contributed by atoms with Crippen molar-refractivity contribution < 1.29 is 9.59 Å². The van der Waals surface area contributed by atoms with Crippen LogP contribution >= 0.6 is 22.6 Å². The zero-order chi connectivity index (χ0) is 14.1. The highest BCUT2D eigenvalue weighted by Crippen LogP contribution is 2.21. The molecule has 1 heterocycles. The van der Waals surface area contributed by atoms with Gasteiger partial charge in [-0.3, -0.25) is 9.59 Å². The maximum Gasteiger partial charge on any atom is 0.213 e. The van der Waals surface area contributed by atoms with E-state index in [1.54, 1.807) is 0 Å². The zero-order valence-electron chi connectivity index (χ0n) is 10.1. The lowest BCUT2D eigenvalue weighted by molar-refractivity contribution is 0.0981. The normalized spacial score (nSPS) is 13.8. The first-order valence-corrected chi connectivity index (χ1v) is 6.86. The molecule has 1 aliphatic carbocycles. The van der Waals surface area contributed by atoms with Gasteiger partial charge in [-0.2, -0.15) is 0 Å². The average molecular weight is 377 g/mol. The molecule has 0 saturated carbocycles. The van der Waals surface area contributed by atoms with Crippen molar-refractivity contribution in [2.75, 3.05) is 5.32 Å². The molecule has 20 heavy (non-hydrogen) atoms. The van der Waals surface area contributed by atoms with Gasteiger partial charge >= 0.3 is 0 Å². The fourth-order valence-corrected chi connectivity index (χ4v) is 2.46. The second kappa shape index (κ2) is 5.12. The summed E-state index contributed by atoms with van der Waals surface area (Å²) in [5.74, 6) is -0.575. The number of ketones is 2. The first-order chi connectivity index (χ1) is 9.65. The van der Waals surface area contributed by atoms with E-state index in [2.05, 4.69) is 37.9 Å². The molecular formula is C14H8IN3O2. The summed E-state index contributed by atoms with van der Waals surface area (Å²) in [6.45, 7) is 0. The molecule has 1 N–H and O–H groups in total. The smallest absolute Gasteiger partial charge is 0.213 e. The Bertz CT molecular complexity index is 756. The summed E-state index contributed by atoms with van der Waals surface area (Å²) in [5, 5.41) is 2.97. The van der Waals surface area contributed by atoms with Gasteiger partial charge in [-0.25, -0.2) is 9.97 Å². The summed E-state index contributed by atoms with van der Waals surface area (Å²) >= 11 is 2.18. The van der Waals surface area contributed by atoms with E-state index >= 15 is 0 Å².